The Morgan fingerprint density at radius 3 is 2.81 bits per heavy atom. The van der Waals surface area contributed by atoms with E-state index >= 15 is 0 Å². The van der Waals surface area contributed by atoms with Crippen molar-refractivity contribution < 1.29 is 4.52 Å². The molecule has 0 aliphatic carbocycles. The van der Waals surface area contributed by atoms with Gasteiger partial charge in [-0.3, -0.25) is 0 Å². The summed E-state index contributed by atoms with van der Waals surface area (Å²) in [6, 6.07) is 16.1. The van der Waals surface area contributed by atoms with Gasteiger partial charge in [0.25, 0.3) is 5.89 Å². The Hall–Kier alpha value is -2.62. The number of fused-ring (bicyclic) bond motifs is 1. The fraction of sp³-hybridized carbons (Fsp3) is 0.176. The summed E-state index contributed by atoms with van der Waals surface area (Å²) in [6.45, 7) is 1.05. The first-order valence-corrected chi connectivity index (χ1v) is 7.16. The molecule has 0 saturated carbocycles. The lowest BCUT2D eigenvalue weighted by molar-refractivity contribution is 0.432. The number of rotatable bonds is 2. The Kier molecular flexibility index (Phi) is 2.92. The van der Waals surface area contributed by atoms with Crippen LogP contribution in [0.15, 0.2) is 53.1 Å². The summed E-state index contributed by atoms with van der Waals surface area (Å²) in [7, 11) is 0. The summed E-state index contributed by atoms with van der Waals surface area (Å²) in [5.41, 5.74) is 4.48. The molecule has 4 rings (SSSR count). The summed E-state index contributed by atoms with van der Waals surface area (Å²) < 4.78 is 5.41. The van der Waals surface area contributed by atoms with Crippen LogP contribution in [-0.4, -0.2) is 16.7 Å². The first kappa shape index (κ1) is 12.1. The van der Waals surface area contributed by atoms with Gasteiger partial charge in [-0.2, -0.15) is 4.98 Å². The van der Waals surface area contributed by atoms with Crippen molar-refractivity contribution >= 4 is 5.69 Å². The zero-order valence-corrected chi connectivity index (χ0v) is 11.5. The van der Waals surface area contributed by atoms with Crippen LogP contribution in [0.3, 0.4) is 0 Å². The lowest BCUT2D eigenvalue weighted by Gasteiger charge is -2.17. The molecule has 1 aromatic heterocycles. The van der Waals surface area contributed by atoms with E-state index in [-0.39, 0.29) is 0 Å². The molecule has 2 heterocycles. The number of hydrogen-bond acceptors (Lipinski definition) is 4. The highest BCUT2D eigenvalue weighted by atomic mass is 16.5. The molecule has 0 bridgehead atoms. The van der Waals surface area contributed by atoms with Crippen molar-refractivity contribution in [3.8, 4) is 22.8 Å². The second kappa shape index (κ2) is 5.05. The molecule has 21 heavy (non-hydrogen) atoms. The molecule has 104 valence electrons. The highest BCUT2D eigenvalue weighted by Crippen LogP contribution is 2.28. The van der Waals surface area contributed by atoms with E-state index in [2.05, 4.69) is 27.6 Å². The molecule has 4 heteroatoms. The minimum atomic E-state index is 0.572. The van der Waals surface area contributed by atoms with Crippen molar-refractivity contribution in [2.75, 3.05) is 11.9 Å². The number of aromatic nitrogens is 2. The normalized spacial score (nSPS) is 13.5. The molecule has 0 saturated heterocycles. The van der Waals surface area contributed by atoms with Crippen molar-refractivity contribution in [2.24, 2.45) is 0 Å². The summed E-state index contributed by atoms with van der Waals surface area (Å²) in [5.74, 6) is 1.20. The lowest BCUT2D eigenvalue weighted by atomic mass is 10.0. The maximum Gasteiger partial charge on any atom is 0.258 e. The van der Waals surface area contributed by atoms with Crippen molar-refractivity contribution in [3.63, 3.8) is 0 Å². The molecule has 1 aliphatic heterocycles. The van der Waals surface area contributed by atoms with E-state index in [1.165, 1.54) is 11.3 Å². The standard InChI is InChI=1S/C17H15N3O/c1-2-5-12(6-3-1)16-19-17(21-20-16)14-8-9-15-13(11-14)7-4-10-18-15/h1-3,5-6,8-9,11,18H,4,7,10H2. The van der Waals surface area contributed by atoms with Crippen LogP contribution in [0.5, 0.6) is 0 Å². The number of nitrogens with zero attached hydrogens (tertiary/aromatic N) is 2. The molecule has 3 aromatic rings. The number of anilines is 1. The molecule has 0 amide bonds. The Morgan fingerprint density at radius 2 is 1.90 bits per heavy atom. The average Bonchev–Trinajstić information content (AvgIpc) is 3.05. The highest BCUT2D eigenvalue weighted by molar-refractivity contribution is 5.65. The molecule has 0 spiro atoms. The smallest absolute Gasteiger partial charge is 0.258 e. The van der Waals surface area contributed by atoms with Crippen molar-refractivity contribution in [1.82, 2.24) is 10.1 Å². The van der Waals surface area contributed by atoms with E-state index in [0.717, 1.165) is 30.5 Å². The van der Waals surface area contributed by atoms with Crippen molar-refractivity contribution in [2.45, 2.75) is 12.8 Å². The van der Waals surface area contributed by atoms with Gasteiger partial charge in [0.15, 0.2) is 0 Å². The minimum absolute atomic E-state index is 0.572. The largest absolute Gasteiger partial charge is 0.385 e. The van der Waals surface area contributed by atoms with Gasteiger partial charge in [0.2, 0.25) is 5.82 Å². The Balaban J connectivity index is 1.70. The monoisotopic (exact) mass is 277 g/mol. The van der Waals surface area contributed by atoms with Gasteiger partial charge < -0.3 is 9.84 Å². The molecule has 4 nitrogen and oxygen atoms in total. The van der Waals surface area contributed by atoms with Gasteiger partial charge in [-0.15, -0.1) is 0 Å². The van der Waals surface area contributed by atoms with Crippen molar-refractivity contribution in [3.05, 3.63) is 54.1 Å². The predicted molar refractivity (Wildman–Crippen MR) is 82.0 cm³/mol. The van der Waals surface area contributed by atoms with E-state index in [9.17, 15) is 0 Å². The maximum atomic E-state index is 5.41. The topological polar surface area (TPSA) is 51.0 Å². The molecule has 0 atom stereocenters. The van der Waals surface area contributed by atoms with E-state index < -0.39 is 0 Å². The van der Waals surface area contributed by atoms with Crippen molar-refractivity contribution in [1.29, 1.82) is 0 Å². The maximum absolute atomic E-state index is 5.41. The van der Waals surface area contributed by atoms with Gasteiger partial charge in [0.05, 0.1) is 0 Å². The second-order valence-corrected chi connectivity index (χ2v) is 5.19. The fourth-order valence-corrected chi connectivity index (χ4v) is 2.65. The van der Waals surface area contributed by atoms with Crippen LogP contribution in [0, 0.1) is 0 Å². The third kappa shape index (κ3) is 2.29. The average molecular weight is 277 g/mol. The number of nitrogens with one attached hydrogen (secondary N) is 1. The molecule has 2 aromatic carbocycles. The van der Waals surface area contributed by atoms with Gasteiger partial charge in [0.1, 0.15) is 0 Å². The second-order valence-electron chi connectivity index (χ2n) is 5.19. The first-order chi connectivity index (χ1) is 10.4. The van der Waals surface area contributed by atoms with E-state index in [4.69, 9.17) is 4.52 Å². The van der Waals surface area contributed by atoms with Crippen LogP contribution in [0.25, 0.3) is 22.8 Å². The Bertz CT molecular complexity index is 765. The summed E-state index contributed by atoms with van der Waals surface area (Å²) >= 11 is 0. The molecular formula is C17H15N3O. The molecule has 0 fully saturated rings. The number of benzene rings is 2. The van der Waals surface area contributed by atoms with Gasteiger partial charge in [-0.1, -0.05) is 35.5 Å². The van der Waals surface area contributed by atoms with Crippen LogP contribution < -0.4 is 5.32 Å². The third-order valence-corrected chi connectivity index (χ3v) is 3.75. The van der Waals surface area contributed by atoms with Crippen LogP contribution >= 0.6 is 0 Å². The van der Waals surface area contributed by atoms with Crippen LogP contribution in [0.2, 0.25) is 0 Å². The first-order valence-electron chi connectivity index (χ1n) is 7.16. The van der Waals surface area contributed by atoms with Gasteiger partial charge in [0, 0.05) is 23.4 Å². The van der Waals surface area contributed by atoms with Crippen LogP contribution in [-0.2, 0) is 6.42 Å². The molecule has 1 aliphatic rings. The quantitative estimate of drug-likeness (QED) is 0.775. The third-order valence-electron chi connectivity index (χ3n) is 3.75. The summed E-state index contributed by atoms with van der Waals surface area (Å²) in [5, 5.41) is 7.48. The fourth-order valence-electron chi connectivity index (χ4n) is 2.65. The minimum Gasteiger partial charge on any atom is -0.385 e. The predicted octanol–water partition coefficient (Wildman–Crippen LogP) is 3.76. The zero-order valence-electron chi connectivity index (χ0n) is 11.5. The number of hydrogen-bond donors (Lipinski definition) is 1. The van der Waals surface area contributed by atoms with Gasteiger partial charge in [-0.05, 0) is 36.6 Å². The summed E-state index contributed by atoms with van der Waals surface area (Å²) in [4.78, 5) is 4.50. The molecule has 0 radical (unpaired) electrons. The van der Waals surface area contributed by atoms with E-state index in [0.29, 0.717) is 11.7 Å². The summed E-state index contributed by atoms with van der Waals surface area (Å²) in [6.07, 6.45) is 2.26. The van der Waals surface area contributed by atoms with Gasteiger partial charge >= 0.3 is 0 Å². The molecular weight excluding hydrogens is 262 g/mol. The number of aryl methyl sites for hydroxylation is 1. The zero-order chi connectivity index (χ0) is 14.1. The van der Waals surface area contributed by atoms with Crippen LogP contribution in [0.4, 0.5) is 5.69 Å². The van der Waals surface area contributed by atoms with E-state index in [1.807, 2.05) is 36.4 Å². The van der Waals surface area contributed by atoms with E-state index in [1.54, 1.807) is 0 Å². The van der Waals surface area contributed by atoms with Gasteiger partial charge in [-0.25, -0.2) is 0 Å². The Morgan fingerprint density at radius 1 is 1.00 bits per heavy atom. The highest BCUT2D eigenvalue weighted by Gasteiger charge is 2.14. The SMILES string of the molecule is c1ccc(-c2noc(-c3ccc4c(c3)CCCN4)n2)cc1. The molecule has 0 unspecified atom stereocenters. The lowest BCUT2D eigenvalue weighted by Crippen LogP contribution is -2.11. The Labute approximate surface area is 122 Å². The van der Waals surface area contributed by atoms with Crippen LogP contribution in [0.1, 0.15) is 12.0 Å². The molecule has 1 N–H and O–H groups in total.